The van der Waals surface area contributed by atoms with Crippen molar-refractivity contribution < 1.29 is 27.7 Å². The number of nitrogens with zero attached hydrogens (tertiary/aromatic N) is 3. The molecule has 13 heteroatoms. The first-order chi connectivity index (χ1) is 15.7. The van der Waals surface area contributed by atoms with Gasteiger partial charge in [0.2, 0.25) is 5.95 Å². The fraction of sp³-hybridized carbons (Fsp3) is 0.100. The summed E-state index contributed by atoms with van der Waals surface area (Å²) >= 11 is 0. The molecular formula is C20H17N5O7S. The third kappa shape index (κ3) is 5.86. The molecule has 2 aromatic carbocycles. The first-order valence-electron chi connectivity index (χ1n) is 9.32. The van der Waals surface area contributed by atoms with Crippen molar-refractivity contribution in [1.82, 2.24) is 9.97 Å². The Labute approximate surface area is 187 Å². The van der Waals surface area contributed by atoms with E-state index in [9.17, 15) is 28.1 Å². The van der Waals surface area contributed by atoms with Gasteiger partial charge in [0, 0.05) is 24.5 Å². The van der Waals surface area contributed by atoms with Crippen LogP contribution in [0.2, 0.25) is 0 Å². The predicted octanol–water partition coefficient (Wildman–Crippen LogP) is 2.37. The van der Waals surface area contributed by atoms with Crippen LogP contribution in [0.1, 0.15) is 17.3 Å². The van der Waals surface area contributed by atoms with Crippen LogP contribution in [0, 0.1) is 10.1 Å². The van der Waals surface area contributed by atoms with Crippen LogP contribution in [0.3, 0.4) is 0 Å². The quantitative estimate of drug-likeness (QED) is 0.284. The van der Waals surface area contributed by atoms with Gasteiger partial charge in [-0.1, -0.05) is 18.2 Å². The second-order valence-corrected chi connectivity index (χ2v) is 8.20. The number of amides is 1. The minimum absolute atomic E-state index is 0.0236. The molecule has 2 N–H and O–H groups in total. The number of anilines is 2. The maximum absolute atomic E-state index is 12.7. The van der Waals surface area contributed by atoms with Gasteiger partial charge in [0.25, 0.3) is 21.6 Å². The number of esters is 1. The number of nitro groups is 1. The van der Waals surface area contributed by atoms with Gasteiger partial charge in [0.1, 0.15) is 0 Å². The summed E-state index contributed by atoms with van der Waals surface area (Å²) < 4.78 is 32.8. The number of ether oxygens (including phenoxy) is 1. The molecule has 0 aliphatic carbocycles. The van der Waals surface area contributed by atoms with Gasteiger partial charge in [0.15, 0.2) is 6.10 Å². The smallest absolute Gasteiger partial charge is 0.341 e. The summed E-state index contributed by atoms with van der Waals surface area (Å²) in [7, 11) is -4.27. The van der Waals surface area contributed by atoms with Crippen molar-refractivity contribution in [3.8, 4) is 0 Å². The van der Waals surface area contributed by atoms with Gasteiger partial charge >= 0.3 is 5.97 Å². The van der Waals surface area contributed by atoms with E-state index < -0.39 is 38.6 Å². The van der Waals surface area contributed by atoms with E-state index in [4.69, 9.17) is 4.74 Å². The Balaban J connectivity index is 1.77. The first-order valence-corrected chi connectivity index (χ1v) is 10.8. The number of hydrogen-bond acceptors (Lipinski definition) is 9. The Morgan fingerprint density at radius 3 is 2.45 bits per heavy atom. The minimum atomic E-state index is -4.27. The van der Waals surface area contributed by atoms with Gasteiger partial charge in [0.05, 0.1) is 21.1 Å². The predicted molar refractivity (Wildman–Crippen MR) is 116 cm³/mol. The zero-order valence-electron chi connectivity index (χ0n) is 17.0. The van der Waals surface area contributed by atoms with E-state index in [1.165, 1.54) is 55.7 Å². The normalized spacial score (nSPS) is 11.8. The van der Waals surface area contributed by atoms with E-state index >= 15 is 0 Å². The number of carbonyl (C=O) groups excluding carboxylic acids is 2. The molecule has 1 atom stereocenters. The van der Waals surface area contributed by atoms with E-state index in [1.807, 2.05) is 0 Å². The fourth-order valence-corrected chi connectivity index (χ4v) is 3.69. The largest absolute Gasteiger partial charge is 0.449 e. The molecular weight excluding hydrogens is 454 g/mol. The second kappa shape index (κ2) is 9.82. The maximum Gasteiger partial charge on any atom is 0.341 e. The van der Waals surface area contributed by atoms with Crippen LogP contribution in [-0.2, 0) is 19.6 Å². The lowest BCUT2D eigenvalue weighted by molar-refractivity contribution is -0.385. The summed E-state index contributed by atoms with van der Waals surface area (Å²) in [5.74, 6) is -1.64. The highest BCUT2D eigenvalue weighted by Crippen LogP contribution is 2.23. The van der Waals surface area contributed by atoms with Crippen LogP contribution < -0.4 is 10.0 Å². The molecule has 0 bridgehead atoms. The third-order valence-electron chi connectivity index (χ3n) is 4.18. The standard InChI is InChI=1S/C20H17N5O7S/c1-13(18(26)23-20-21-10-5-11-22-20)32-19(27)16-8-2-3-9-17(16)24-33(30,31)15-7-4-6-14(12-15)25(28)29/h2-13,24H,1H3,(H,21,22,23,26). The van der Waals surface area contributed by atoms with Gasteiger partial charge in [-0.2, -0.15) is 0 Å². The zero-order chi connectivity index (χ0) is 24.0. The lowest BCUT2D eigenvalue weighted by Crippen LogP contribution is -2.31. The van der Waals surface area contributed by atoms with Crippen LogP contribution >= 0.6 is 0 Å². The molecule has 0 aliphatic heterocycles. The Hall–Kier alpha value is -4.39. The van der Waals surface area contributed by atoms with Crippen LogP contribution in [0.15, 0.2) is 71.9 Å². The van der Waals surface area contributed by atoms with Crippen molar-refractivity contribution in [2.45, 2.75) is 17.9 Å². The number of nitrogens with one attached hydrogen (secondary N) is 2. The number of benzene rings is 2. The number of hydrogen-bond donors (Lipinski definition) is 2. The molecule has 12 nitrogen and oxygen atoms in total. The summed E-state index contributed by atoms with van der Waals surface area (Å²) in [6.07, 6.45) is 1.59. The highest BCUT2D eigenvalue weighted by atomic mass is 32.2. The summed E-state index contributed by atoms with van der Waals surface area (Å²) in [4.78, 5) is 42.4. The molecule has 33 heavy (non-hydrogen) atoms. The highest BCUT2D eigenvalue weighted by Gasteiger charge is 2.24. The van der Waals surface area contributed by atoms with Gasteiger partial charge in [-0.25, -0.2) is 23.2 Å². The Bertz CT molecular complexity index is 1300. The summed E-state index contributed by atoms with van der Waals surface area (Å²) in [5.41, 5.74) is -0.706. The molecule has 170 valence electrons. The molecule has 3 aromatic rings. The number of non-ortho nitro benzene ring substituents is 1. The molecule has 0 saturated carbocycles. The molecule has 0 fully saturated rings. The minimum Gasteiger partial charge on any atom is -0.449 e. The average molecular weight is 471 g/mol. The van der Waals surface area contributed by atoms with E-state index in [-0.39, 0.29) is 22.1 Å². The fourth-order valence-electron chi connectivity index (χ4n) is 2.57. The second-order valence-electron chi connectivity index (χ2n) is 6.51. The average Bonchev–Trinajstić information content (AvgIpc) is 2.79. The lowest BCUT2D eigenvalue weighted by atomic mass is 10.2. The number of rotatable bonds is 8. The summed E-state index contributed by atoms with van der Waals surface area (Å²) in [6.45, 7) is 1.33. The van der Waals surface area contributed by atoms with Gasteiger partial charge in [-0.3, -0.25) is 24.9 Å². The van der Waals surface area contributed by atoms with Crippen LogP contribution in [-0.4, -0.2) is 41.3 Å². The van der Waals surface area contributed by atoms with Gasteiger partial charge in [-0.05, 0) is 31.2 Å². The Kier molecular flexibility index (Phi) is 6.93. The number of para-hydroxylation sites is 1. The molecule has 0 radical (unpaired) electrons. The van der Waals surface area contributed by atoms with Crippen LogP contribution in [0.4, 0.5) is 17.3 Å². The van der Waals surface area contributed by atoms with Gasteiger partial charge in [-0.15, -0.1) is 0 Å². The highest BCUT2D eigenvalue weighted by molar-refractivity contribution is 7.92. The third-order valence-corrected chi connectivity index (χ3v) is 5.55. The van der Waals surface area contributed by atoms with Crippen LogP contribution in [0.25, 0.3) is 0 Å². The monoisotopic (exact) mass is 471 g/mol. The van der Waals surface area contributed by atoms with Crippen molar-refractivity contribution in [2.75, 3.05) is 10.0 Å². The molecule has 0 saturated heterocycles. The van der Waals surface area contributed by atoms with E-state index in [0.717, 1.165) is 12.1 Å². The Morgan fingerprint density at radius 1 is 1.06 bits per heavy atom. The topological polar surface area (TPSA) is 170 Å². The van der Waals surface area contributed by atoms with Crippen molar-refractivity contribution in [2.24, 2.45) is 0 Å². The number of carbonyl (C=O) groups is 2. The number of sulfonamides is 1. The molecule has 1 aromatic heterocycles. The Morgan fingerprint density at radius 2 is 1.76 bits per heavy atom. The molecule has 0 aliphatic rings. The molecule has 3 rings (SSSR count). The summed E-state index contributed by atoms with van der Waals surface area (Å²) in [5, 5.41) is 13.3. The van der Waals surface area contributed by atoms with E-state index in [1.54, 1.807) is 6.07 Å². The SMILES string of the molecule is CC(OC(=O)c1ccccc1NS(=O)(=O)c1cccc([N+](=O)[O-])c1)C(=O)Nc1ncccn1. The van der Waals surface area contributed by atoms with E-state index in [0.29, 0.717) is 0 Å². The van der Waals surface area contributed by atoms with Crippen molar-refractivity contribution in [1.29, 1.82) is 0 Å². The summed E-state index contributed by atoms with van der Waals surface area (Å²) in [6, 6.07) is 11.6. The van der Waals surface area contributed by atoms with Crippen molar-refractivity contribution >= 4 is 39.2 Å². The van der Waals surface area contributed by atoms with Crippen molar-refractivity contribution in [3.05, 3.63) is 82.7 Å². The number of aromatic nitrogens is 2. The molecule has 0 spiro atoms. The van der Waals surface area contributed by atoms with Crippen molar-refractivity contribution in [3.63, 3.8) is 0 Å². The number of nitro benzene ring substituents is 1. The van der Waals surface area contributed by atoms with Gasteiger partial charge < -0.3 is 4.74 Å². The maximum atomic E-state index is 12.7. The molecule has 1 amide bonds. The first kappa shape index (κ1) is 23.3. The zero-order valence-corrected chi connectivity index (χ0v) is 17.9. The molecule has 1 heterocycles. The van der Waals surface area contributed by atoms with E-state index in [2.05, 4.69) is 20.0 Å². The molecule has 1 unspecified atom stereocenters. The van der Waals surface area contributed by atoms with Crippen LogP contribution in [0.5, 0.6) is 0 Å². The lowest BCUT2D eigenvalue weighted by Gasteiger charge is -2.15.